The van der Waals surface area contributed by atoms with Crippen LogP contribution >= 0.6 is 23.2 Å². The highest BCUT2D eigenvalue weighted by Gasteiger charge is 2.07. The quantitative estimate of drug-likeness (QED) is 0.832. The van der Waals surface area contributed by atoms with Crippen LogP contribution in [0, 0.1) is 0 Å². The van der Waals surface area contributed by atoms with Crippen molar-refractivity contribution in [2.45, 2.75) is 19.8 Å². The molecule has 2 rings (SSSR count). The Morgan fingerprint density at radius 2 is 1.89 bits per heavy atom. The van der Waals surface area contributed by atoms with E-state index in [1.54, 1.807) is 6.07 Å². The summed E-state index contributed by atoms with van der Waals surface area (Å²) in [6, 6.07) is 9.12. The molecule has 5 heteroatoms. The van der Waals surface area contributed by atoms with Crippen molar-refractivity contribution in [2.24, 2.45) is 0 Å². The van der Waals surface area contributed by atoms with E-state index in [2.05, 4.69) is 15.3 Å². The van der Waals surface area contributed by atoms with E-state index in [9.17, 15) is 0 Å². The van der Waals surface area contributed by atoms with Crippen LogP contribution in [0.5, 0.6) is 0 Å². The summed E-state index contributed by atoms with van der Waals surface area (Å²) in [6.45, 7) is 4.05. The molecule has 2 aromatic rings. The van der Waals surface area contributed by atoms with E-state index in [4.69, 9.17) is 23.2 Å². The Morgan fingerprint density at radius 1 is 1.11 bits per heavy atom. The standard InChI is InChI=1S/C13H13Cl2N3/c1-8(2)13-17-11(15)7-12(18-13)16-10-5-3-4-9(14)6-10/h3-8H,1-2H3,(H,16,17,18). The van der Waals surface area contributed by atoms with E-state index in [1.807, 2.05) is 38.1 Å². The first-order chi connectivity index (χ1) is 8.54. The monoisotopic (exact) mass is 281 g/mol. The minimum Gasteiger partial charge on any atom is -0.340 e. The van der Waals surface area contributed by atoms with Crippen molar-refractivity contribution in [2.75, 3.05) is 5.32 Å². The van der Waals surface area contributed by atoms with Gasteiger partial charge in [0, 0.05) is 22.7 Å². The first kappa shape index (κ1) is 13.1. The van der Waals surface area contributed by atoms with Crippen LogP contribution in [-0.2, 0) is 0 Å². The summed E-state index contributed by atoms with van der Waals surface area (Å²) in [5.41, 5.74) is 0.868. The van der Waals surface area contributed by atoms with Crippen molar-refractivity contribution in [3.63, 3.8) is 0 Å². The zero-order chi connectivity index (χ0) is 13.1. The van der Waals surface area contributed by atoms with Crippen LogP contribution in [0.4, 0.5) is 11.5 Å². The molecule has 3 nitrogen and oxygen atoms in total. The summed E-state index contributed by atoms with van der Waals surface area (Å²) in [5, 5.41) is 4.26. The van der Waals surface area contributed by atoms with Crippen molar-refractivity contribution in [3.8, 4) is 0 Å². The molecule has 0 aliphatic rings. The van der Waals surface area contributed by atoms with Gasteiger partial charge in [0.2, 0.25) is 0 Å². The SMILES string of the molecule is CC(C)c1nc(Cl)cc(Nc2cccc(Cl)c2)n1. The van der Waals surface area contributed by atoms with Crippen LogP contribution in [0.1, 0.15) is 25.6 Å². The Labute approximate surface area is 116 Å². The molecule has 1 aromatic heterocycles. The molecule has 0 spiro atoms. The van der Waals surface area contributed by atoms with E-state index in [1.165, 1.54) is 0 Å². The van der Waals surface area contributed by atoms with Crippen LogP contribution in [-0.4, -0.2) is 9.97 Å². The van der Waals surface area contributed by atoms with Crippen molar-refractivity contribution < 1.29 is 0 Å². The fraction of sp³-hybridized carbons (Fsp3) is 0.231. The average Bonchev–Trinajstić information content (AvgIpc) is 2.28. The Morgan fingerprint density at radius 3 is 2.56 bits per heavy atom. The average molecular weight is 282 g/mol. The zero-order valence-corrected chi connectivity index (χ0v) is 11.6. The van der Waals surface area contributed by atoms with E-state index < -0.39 is 0 Å². The molecule has 1 N–H and O–H groups in total. The molecule has 1 heterocycles. The van der Waals surface area contributed by atoms with E-state index in [-0.39, 0.29) is 5.92 Å². The normalized spacial score (nSPS) is 10.7. The summed E-state index contributed by atoms with van der Waals surface area (Å²) in [7, 11) is 0. The van der Waals surface area contributed by atoms with Gasteiger partial charge in [-0.2, -0.15) is 0 Å². The Hall–Kier alpha value is -1.32. The van der Waals surface area contributed by atoms with Crippen LogP contribution in [0.2, 0.25) is 10.2 Å². The van der Waals surface area contributed by atoms with Gasteiger partial charge >= 0.3 is 0 Å². The molecule has 94 valence electrons. The Bertz CT molecular complexity index is 556. The number of aromatic nitrogens is 2. The second-order valence-corrected chi connectivity index (χ2v) is 5.05. The highest BCUT2D eigenvalue weighted by atomic mass is 35.5. The highest BCUT2D eigenvalue weighted by molar-refractivity contribution is 6.31. The summed E-state index contributed by atoms with van der Waals surface area (Å²) in [6.07, 6.45) is 0. The molecule has 0 aliphatic heterocycles. The fourth-order valence-electron chi connectivity index (χ4n) is 1.47. The number of rotatable bonds is 3. The maximum absolute atomic E-state index is 5.97. The van der Waals surface area contributed by atoms with Gasteiger partial charge in [0.15, 0.2) is 0 Å². The Kier molecular flexibility index (Phi) is 4.04. The number of nitrogens with one attached hydrogen (secondary N) is 1. The summed E-state index contributed by atoms with van der Waals surface area (Å²) in [4.78, 5) is 8.59. The minimum absolute atomic E-state index is 0.226. The second kappa shape index (κ2) is 5.55. The van der Waals surface area contributed by atoms with Crippen LogP contribution in [0.25, 0.3) is 0 Å². The second-order valence-electron chi connectivity index (χ2n) is 4.22. The van der Waals surface area contributed by atoms with Crippen LogP contribution in [0.15, 0.2) is 30.3 Å². The predicted octanol–water partition coefficient (Wildman–Crippen LogP) is 4.65. The van der Waals surface area contributed by atoms with Crippen molar-refractivity contribution in [1.29, 1.82) is 0 Å². The minimum atomic E-state index is 0.226. The molecule has 0 bridgehead atoms. The molecule has 0 saturated heterocycles. The van der Waals surface area contributed by atoms with Gasteiger partial charge in [-0.3, -0.25) is 0 Å². The number of hydrogen-bond donors (Lipinski definition) is 1. The zero-order valence-electron chi connectivity index (χ0n) is 10.1. The maximum atomic E-state index is 5.97. The van der Waals surface area contributed by atoms with Gasteiger partial charge in [0.05, 0.1) is 0 Å². The Balaban J connectivity index is 2.29. The van der Waals surface area contributed by atoms with Gasteiger partial charge in [-0.25, -0.2) is 9.97 Å². The van der Waals surface area contributed by atoms with Crippen molar-refractivity contribution >= 4 is 34.7 Å². The smallest absolute Gasteiger partial charge is 0.135 e. The van der Waals surface area contributed by atoms with E-state index in [0.29, 0.717) is 21.8 Å². The lowest BCUT2D eigenvalue weighted by molar-refractivity contribution is 0.776. The molecule has 1 aromatic carbocycles. The van der Waals surface area contributed by atoms with E-state index >= 15 is 0 Å². The fourth-order valence-corrected chi connectivity index (χ4v) is 1.85. The van der Waals surface area contributed by atoms with Gasteiger partial charge in [-0.15, -0.1) is 0 Å². The molecule has 0 unspecified atom stereocenters. The highest BCUT2D eigenvalue weighted by Crippen LogP contribution is 2.22. The molecule has 0 aliphatic carbocycles. The lowest BCUT2D eigenvalue weighted by atomic mass is 10.2. The molecule has 0 fully saturated rings. The molecule has 18 heavy (non-hydrogen) atoms. The third-order valence-corrected chi connectivity index (χ3v) is 2.75. The van der Waals surface area contributed by atoms with Crippen LogP contribution < -0.4 is 5.32 Å². The van der Waals surface area contributed by atoms with Gasteiger partial charge in [0.1, 0.15) is 16.8 Å². The number of benzene rings is 1. The van der Waals surface area contributed by atoms with Gasteiger partial charge in [0.25, 0.3) is 0 Å². The number of halogens is 2. The number of anilines is 2. The molecule has 0 atom stereocenters. The number of nitrogens with zero attached hydrogens (tertiary/aromatic N) is 2. The van der Waals surface area contributed by atoms with E-state index in [0.717, 1.165) is 5.69 Å². The molecule has 0 saturated carbocycles. The lowest BCUT2D eigenvalue weighted by Gasteiger charge is -2.09. The summed E-state index contributed by atoms with van der Waals surface area (Å²) >= 11 is 11.9. The molecule has 0 amide bonds. The maximum Gasteiger partial charge on any atom is 0.135 e. The third kappa shape index (κ3) is 3.34. The van der Waals surface area contributed by atoms with Gasteiger partial charge in [-0.05, 0) is 18.2 Å². The summed E-state index contributed by atoms with van der Waals surface area (Å²) in [5.74, 6) is 1.61. The number of hydrogen-bond acceptors (Lipinski definition) is 3. The van der Waals surface area contributed by atoms with Crippen molar-refractivity contribution in [3.05, 3.63) is 46.3 Å². The topological polar surface area (TPSA) is 37.8 Å². The first-order valence-electron chi connectivity index (χ1n) is 5.61. The largest absolute Gasteiger partial charge is 0.340 e. The molecular weight excluding hydrogens is 269 g/mol. The lowest BCUT2D eigenvalue weighted by Crippen LogP contribution is -2.02. The van der Waals surface area contributed by atoms with Gasteiger partial charge < -0.3 is 5.32 Å². The molecule has 0 radical (unpaired) electrons. The summed E-state index contributed by atoms with van der Waals surface area (Å²) < 4.78 is 0. The third-order valence-electron chi connectivity index (χ3n) is 2.33. The van der Waals surface area contributed by atoms with Crippen LogP contribution in [0.3, 0.4) is 0 Å². The predicted molar refractivity (Wildman–Crippen MR) is 75.9 cm³/mol. The first-order valence-corrected chi connectivity index (χ1v) is 6.37. The van der Waals surface area contributed by atoms with Gasteiger partial charge in [-0.1, -0.05) is 43.1 Å². The van der Waals surface area contributed by atoms with Crippen molar-refractivity contribution in [1.82, 2.24) is 9.97 Å². The molecular formula is C13H13Cl2N3.